The topological polar surface area (TPSA) is 20.2 Å². The molecule has 0 aromatic carbocycles. The molecule has 0 amide bonds. The van der Waals surface area contributed by atoms with Gasteiger partial charge in [-0.05, 0) is 32.1 Å². The fourth-order valence-corrected chi connectivity index (χ4v) is 1.73. The molecule has 1 aliphatic carbocycles. The lowest BCUT2D eigenvalue weighted by Gasteiger charge is -2.33. The summed E-state index contributed by atoms with van der Waals surface area (Å²) >= 11 is 6.19. The van der Waals surface area contributed by atoms with E-state index in [1.54, 1.807) is 0 Å². The maximum atomic E-state index is 9.43. The molecule has 0 aliphatic heterocycles. The Morgan fingerprint density at radius 2 is 2.00 bits per heavy atom. The predicted octanol–water partition coefficient (Wildman–Crippen LogP) is 2.58. The standard InChI is InChI=1S/C10H17ClO/c1-7-6-8(10(2,3)11)4-5-9(7)12/h4-5,7-9,12H,6H2,1-3H3/t7-,8-,9-/m1/s1. The van der Waals surface area contributed by atoms with Gasteiger partial charge in [0.15, 0.2) is 0 Å². The lowest BCUT2D eigenvalue weighted by Crippen LogP contribution is -2.31. The lowest BCUT2D eigenvalue weighted by atomic mass is 9.80. The van der Waals surface area contributed by atoms with Crippen molar-refractivity contribution >= 4 is 11.6 Å². The minimum absolute atomic E-state index is 0.190. The third kappa shape index (κ3) is 2.24. The van der Waals surface area contributed by atoms with Crippen molar-refractivity contribution in [2.45, 2.75) is 38.2 Å². The SMILES string of the molecule is C[C@@H]1C[C@H](C(C)(C)Cl)C=C[C@H]1O. The van der Waals surface area contributed by atoms with E-state index < -0.39 is 0 Å². The first-order valence-corrected chi connectivity index (χ1v) is 4.84. The van der Waals surface area contributed by atoms with E-state index in [0.717, 1.165) is 6.42 Å². The van der Waals surface area contributed by atoms with Crippen molar-refractivity contribution in [3.63, 3.8) is 0 Å². The number of hydrogen-bond acceptors (Lipinski definition) is 1. The Morgan fingerprint density at radius 1 is 1.42 bits per heavy atom. The second kappa shape index (κ2) is 3.39. The fraction of sp³-hybridized carbons (Fsp3) is 0.800. The minimum Gasteiger partial charge on any atom is -0.389 e. The van der Waals surface area contributed by atoms with Crippen LogP contribution in [0.15, 0.2) is 12.2 Å². The fourth-order valence-electron chi connectivity index (χ4n) is 1.57. The Kier molecular flexibility index (Phi) is 2.84. The molecule has 1 rings (SSSR count). The average Bonchev–Trinajstić information content (AvgIpc) is 1.92. The molecule has 0 saturated carbocycles. The average molecular weight is 189 g/mol. The van der Waals surface area contributed by atoms with E-state index in [1.165, 1.54) is 0 Å². The maximum absolute atomic E-state index is 9.43. The Labute approximate surface area is 79.4 Å². The molecule has 3 atom stereocenters. The molecular weight excluding hydrogens is 172 g/mol. The number of halogens is 1. The highest BCUT2D eigenvalue weighted by Crippen LogP contribution is 2.34. The van der Waals surface area contributed by atoms with Crippen molar-refractivity contribution in [3.05, 3.63) is 12.2 Å². The lowest BCUT2D eigenvalue weighted by molar-refractivity contribution is 0.134. The number of aliphatic hydroxyl groups excluding tert-OH is 1. The largest absolute Gasteiger partial charge is 0.389 e. The van der Waals surface area contributed by atoms with E-state index >= 15 is 0 Å². The summed E-state index contributed by atoms with van der Waals surface area (Å²) in [5, 5.41) is 9.43. The summed E-state index contributed by atoms with van der Waals surface area (Å²) in [6.45, 7) is 6.10. The Morgan fingerprint density at radius 3 is 2.42 bits per heavy atom. The van der Waals surface area contributed by atoms with Gasteiger partial charge in [-0.3, -0.25) is 0 Å². The van der Waals surface area contributed by atoms with Gasteiger partial charge in [0.25, 0.3) is 0 Å². The van der Waals surface area contributed by atoms with E-state index in [1.807, 2.05) is 26.0 Å². The van der Waals surface area contributed by atoms with Crippen LogP contribution in [0, 0.1) is 11.8 Å². The van der Waals surface area contributed by atoms with Gasteiger partial charge in [0.1, 0.15) is 0 Å². The van der Waals surface area contributed by atoms with E-state index in [-0.39, 0.29) is 11.0 Å². The summed E-state index contributed by atoms with van der Waals surface area (Å²) in [6, 6.07) is 0. The van der Waals surface area contributed by atoms with E-state index in [2.05, 4.69) is 6.92 Å². The maximum Gasteiger partial charge on any atom is 0.0746 e. The second-order valence-electron chi connectivity index (χ2n) is 4.26. The van der Waals surface area contributed by atoms with Crippen LogP contribution in [0.1, 0.15) is 27.2 Å². The van der Waals surface area contributed by atoms with E-state index in [4.69, 9.17) is 11.6 Å². The summed E-state index contributed by atoms with van der Waals surface area (Å²) < 4.78 is 0. The number of allylic oxidation sites excluding steroid dienone is 1. The molecule has 12 heavy (non-hydrogen) atoms. The molecule has 70 valence electrons. The molecule has 0 spiro atoms. The smallest absolute Gasteiger partial charge is 0.0746 e. The molecule has 0 bridgehead atoms. The van der Waals surface area contributed by atoms with Crippen molar-refractivity contribution in [1.29, 1.82) is 0 Å². The van der Waals surface area contributed by atoms with Crippen LogP contribution >= 0.6 is 11.6 Å². The zero-order valence-corrected chi connectivity index (χ0v) is 8.67. The first-order chi connectivity index (χ1) is 5.41. The van der Waals surface area contributed by atoms with Crippen LogP contribution in [0.4, 0.5) is 0 Å². The third-order valence-electron chi connectivity index (χ3n) is 2.63. The predicted molar refractivity (Wildman–Crippen MR) is 52.3 cm³/mol. The number of aliphatic hydroxyl groups is 1. The van der Waals surface area contributed by atoms with Crippen LogP contribution in [-0.2, 0) is 0 Å². The molecule has 1 N–H and O–H groups in total. The van der Waals surface area contributed by atoms with Crippen LogP contribution in [-0.4, -0.2) is 16.1 Å². The van der Waals surface area contributed by atoms with Crippen LogP contribution in [0.5, 0.6) is 0 Å². The number of alkyl halides is 1. The van der Waals surface area contributed by atoms with Crippen LogP contribution in [0.3, 0.4) is 0 Å². The van der Waals surface area contributed by atoms with Gasteiger partial charge in [-0.2, -0.15) is 0 Å². The number of hydrogen-bond donors (Lipinski definition) is 1. The zero-order valence-electron chi connectivity index (χ0n) is 7.92. The highest BCUT2D eigenvalue weighted by molar-refractivity contribution is 6.23. The first-order valence-electron chi connectivity index (χ1n) is 4.46. The third-order valence-corrected chi connectivity index (χ3v) is 2.91. The molecule has 2 heteroatoms. The Hall–Kier alpha value is -0.0100. The summed E-state index contributed by atoms with van der Waals surface area (Å²) in [4.78, 5) is -0.190. The molecule has 0 saturated heterocycles. The second-order valence-corrected chi connectivity index (χ2v) is 5.23. The quantitative estimate of drug-likeness (QED) is 0.496. The molecule has 0 aromatic rings. The van der Waals surface area contributed by atoms with Crippen molar-refractivity contribution in [2.24, 2.45) is 11.8 Å². The molecule has 0 fully saturated rings. The summed E-state index contributed by atoms with van der Waals surface area (Å²) in [6.07, 6.45) is 4.61. The van der Waals surface area contributed by atoms with Gasteiger partial charge in [0.05, 0.1) is 6.10 Å². The van der Waals surface area contributed by atoms with Crippen LogP contribution in [0.2, 0.25) is 0 Å². The van der Waals surface area contributed by atoms with Crippen molar-refractivity contribution in [3.8, 4) is 0 Å². The van der Waals surface area contributed by atoms with Gasteiger partial charge in [-0.1, -0.05) is 19.1 Å². The summed E-state index contributed by atoms with van der Waals surface area (Å²) in [5.74, 6) is 0.718. The van der Waals surface area contributed by atoms with E-state index in [9.17, 15) is 5.11 Å². The summed E-state index contributed by atoms with van der Waals surface area (Å²) in [7, 11) is 0. The molecule has 0 radical (unpaired) electrons. The Bertz CT molecular complexity index is 181. The van der Waals surface area contributed by atoms with Gasteiger partial charge in [0.2, 0.25) is 0 Å². The van der Waals surface area contributed by atoms with Gasteiger partial charge in [0, 0.05) is 4.87 Å². The molecular formula is C10H17ClO. The first kappa shape index (κ1) is 10.1. The molecule has 1 aliphatic rings. The van der Waals surface area contributed by atoms with Gasteiger partial charge in [-0.25, -0.2) is 0 Å². The Balaban J connectivity index is 2.67. The molecule has 0 unspecified atom stereocenters. The molecule has 1 nitrogen and oxygen atoms in total. The minimum atomic E-state index is -0.278. The normalized spacial score (nSPS) is 36.9. The van der Waals surface area contributed by atoms with Crippen LogP contribution in [0.25, 0.3) is 0 Å². The van der Waals surface area contributed by atoms with Crippen LogP contribution < -0.4 is 0 Å². The molecule has 0 heterocycles. The van der Waals surface area contributed by atoms with Gasteiger partial charge < -0.3 is 5.11 Å². The van der Waals surface area contributed by atoms with Gasteiger partial charge >= 0.3 is 0 Å². The highest BCUT2D eigenvalue weighted by atomic mass is 35.5. The van der Waals surface area contributed by atoms with Crippen molar-refractivity contribution in [1.82, 2.24) is 0 Å². The monoisotopic (exact) mass is 188 g/mol. The van der Waals surface area contributed by atoms with E-state index in [0.29, 0.717) is 11.8 Å². The van der Waals surface area contributed by atoms with Gasteiger partial charge in [-0.15, -0.1) is 11.6 Å². The highest BCUT2D eigenvalue weighted by Gasteiger charge is 2.30. The summed E-state index contributed by atoms with van der Waals surface area (Å²) in [5.41, 5.74) is 0. The molecule has 0 aromatic heterocycles. The number of rotatable bonds is 1. The van der Waals surface area contributed by atoms with Crippen molar-refractivity contribution in [2.75, 3.05) is 0 Å². The van der Waals surface area contributed by atoms with Crippen molar-refractivity contribution < 1.29 is 5.11 Å². The zero-order chi connectivity index (χ0) is 9.35.